The number of hydrogen-bond acceptors (Lipinski definition) is 7. The van der Waals surface area contributed by atoms with Crippen LogP contribution in [0.2, 0.25) is 0 Å². The highest BCUT2D eigenvalue weighted by Gasteiger charge is 2.29. The van der Waals surface area contributed by atoms with Crippen LogP contribution in [-0.4, -0.2) is 58.1 Å². The molecular formula is C24H31ClN6O2. The molecule has 1 atom stereocenters. The maximum Gasteiger partial charge on any atom is 0.231 e. The van der Waals surface area contributed by atoms with E-state index in [0.29, 0.717) is 6.54 Å². The van der Waals surface area contributed by atoms with Gasteiger partial charge in [-0.3, -0.25) is 4.90 Å². The van der Waals surface area contributed by atoms with Crippen molar-refractivity contribution >= 4 is 18.1 Å². The zero-order valence-corrected chi connectivity index (χ0v) is 19.8. The summed E-state index contributed by atoms with van der Waals surface area (Å²) in [6.45, 7) is 7.15. The maximum absolute atomic E-state index is 5.53. The summed E-state index contributed by atoms with van der Waals surface area (Å²) in [5, 5.41) is 12.9. The van der Waals surface area contributed by atoms with Gasteiger partial charge in [-0.15, -0.1) is 17.5 Å². The van der Waals surface area contributed by atoms with Crippen molar-refractivity contribution in [3.63, 3.8) is 0 Å². The number of benzene rings is 2. The number of halogens is 1. The number of piperazine rings is 1. The molecule has 3 aromatic rings. The number of nitrogens with zero attached hydrogens (tertiary/aromatic N) is 6. The Balaban J connectivity index is 0.00000259. The fourth-order valence-electron chi connectivity index (χ4n) is 4.58. The Labute approximate surface area is 200 Å². The van der Waals surface area contributed by atoms with Gasteiger partial charge in [0.05, 0.1) is 12.6 Å². The van der Waals surface area contributed by atoms with Gasteiger partial charge in [0.25, 0.3) is 0 Å². The summed E-state index contributed by atoms with van der Waals surface area (Å²) >= 11 is 0. The van der Waals surface area contributed by atoms with Crippen molar-refractivity contribution in [3.05, 3.63) is 59.9 Å². The lowest BCUT2D eigenvalue weighted by Crippen LogP contribution is -2.48. The second-order valence-corrected chi connectivity index (χ2v) is 8.40. The van der Waals surface area contributed by atoms with Gasteiger partial charge in [-0.1, -0.05) is 44.0 Å². The van der Waals surface area contributed by atoms with Crippen molar-refractivity contribution < 1.29 is 9.47 Å². The predicted molar refractivity (Wildman–Crippen MR) is 129 cm³/mol. The molecule has 3 heterocycles. The largest absolute Gasteiger partial charge is 0.454 e. The lowest BCUT2D eigenvalue weighted by atomic mass is 10.1. The molecule has 9 heteroatoms. The molecule has 176 valence electrons. The molecule has 2 aliphatic heterocycles. The van der Waals surface area contributed by atoms with Crippen molar-refractivity contribution in [3.8, 4) is 11.5 Å². The lowest BCUT2D eigenvalue weighted by molar-refractivity contribution is 0.163. The van der Waals surface area contributed by atoms with E-state index in [1.807, 2.05) is 16.8 Å². The van der Waals surface area contributed by atoms with E-state index < -0.39 is 0 Å². The highest BCUT2D eigenvalue weighted by Crippen LogP contribution is 2.33. The first kappa shape index (κ1) is 23.3. The number of para-hydroxylation sites is 1. The molecule has 0 radical (unpaired) electrons. The van der Waals surface area contributed by atoms with Gasteiger partial charge in [-0.2, -0.15) is 0 Å². The van der Waals surface area contributed by atoms with E-state index in [1.54, 1.807) is 0 Å². The highest BCUT2D eigenvalue weighted by molar-refractivity contribution is 5.85. The first-order chi connectivity index (χ1) is 15.8. The first-order valence-electron chi connectivity index (χ1n) is 11.5. The van der Waals surface area contributed by atoms with Gasteiger partial charge >= 0.3 is 0 Å². The van der Waals surface area contributed by atoms with Crippen LogP contribution in [0.25, 0.3) is 0 Å². The van der Waals surface area contributed by atoms with Crippen LogP contribution in [0.15, 0.2) is 48.5 Å². The van der Waals surface area contributed by atoms with Crippen LogP contribution in [0, 0.1) is 0 Å². The summed E-state index contributed by atoms with van der Waals surface area (Å²) in [7, 11) is 0. The number of fused-ring (bicyclic) bond motifs is 1. The highest BCUT2D eigenvalue weighted by atomic mass is 35.5. The molecule has 2 aliphatic rings. The third-order valence-corrected chi connectivity index (χ3v) is 6.33. The van der Waals surface area contributed by atoms with Gasteiger partial charge in [-0.25, -0.2) is 4.68 Å². The van der Waals surface area contributed by atoms with E-state index in [0.717, 1.165) is 68.3 Å². The standard InChI is InChI=1S/C24H30N6O2.ClH/c1-2-3-9-21(29-14-12-28(13-15-29)20-7-5-4-6-8-20)24-25-26-27-30(24)17-19-10-11-22-23(16-19)32-18-31-22;/h4-8,10-11,16,21H,2-3,9,12-15,17-18H2,1H3;1H. The topological polar surface area (TPSA) is 68.5 Å². The van der Waals surface area contributed by atoms with E-state index >= 15 is 0 Å². The van der Waals surface area contributed by atoms with Gasteiger partial charge in [0.1, 0.15) is 0 Å². The zero-order valence-electron chi connectivity index (χ0n) is 19.0. The minimum absolute atomic E-state index is 0. The third-order valence-electron chi connectivity index (χ3n) is 6.33. The van der Waals surface area contributed by atoms with E-state index in [4.69, 9.17) is 9.47 Å². The summed E-state index contributed by atoms with van der Waals surface area (Å²) in [4.78, 5) is 5.01. The van der Waals surface area contributed by atoms with Crippen molar-refractivity contribution in [1.29, 1.82) is 0 Å². The summed E-state index contributed by atoms with van der Waals surface area (Å²) < 4.78 is 12.9. The van der Waals surface area contributed by atoms with Gasteiger partial charge in [-0.05, 0) is 46.7 Å². The first-order valence-corrected chi connectivity index (χ1v) is 11.5. The fraction of sp³-hybridized carbons (Fsp3) is 0.458. The molecule has 1 fully saturated rings. The second-order valence-electron chi connectivity index (χ2n) is 8.40. The Kier molecular flexibility index (Phi) is 7.67. The smallest absolute Gasteiger partial charge is 0.231 e. The van der Waals surface area contributed by atoms with Gasteiger partial charge in [0.2, 0.25) is 6.79 Å². The van der Waals surface area contributed by atoms with Crippen LogP contribution in [0.3, 0.4) is 0 Å². The van der Waals surface area contributed by atoms with E-state index in [1.165, 1.54) is 5.69 Å². The van der Waals surface area contributed by atoms with E-state index in [2.05, 4.69) is 68.6 Å². The van der Waals surface area contributed by atoms with Crippen molar-refractivity contribution in [1.82, 2.24) is 25.1 Å². The molecule has 8 nitrogen and oxygen atoms in total. The Morgan fingerprint density at radius 2 is 1.76 bits per heavy atom. The lowest BCUT2D eigenvalue weighted by Gasteiger charge is -2.39. The summed E-state index contributed by atoms with van der Waals surface area (Å²) in [6, 6.07) is 16.9. The molecule has 0 spiro atoms. The van der Waals surface area contributed by atoms with Gasteiger partial charge in [0.15, 0.2) is 17.3 Å². The van der Waals surface area contributed by atoms with Crippen molar-refractivity contribution in [2.45, 2.75) is 38.8 Å². The molecule has 2 aromatic carbocycles. The molecular weight excluding hydrogens is 440 g/mol. The average Bonchev–Trinajstić information content (AvgIpc) is 3.50. The third kappa shape index (κ3) is 5.23. The molecule has 33 heavy (non-hydrogen) atoms. The molecule has 1 unspecified atom stereocenters. The second kappa shape index (κ2) is 10.9. The van der Waals surface area contributed by atoms with E-state index in [-0.39, 0.29) is 25.2 Å². The minimum atomic E-state index is 0. The summed E-state index contributed by atoms with van der Waals surface area (Å²) in [5.41, 5.74) is 2.40. The molecule has 0 saturated carbocycles. The number of anilines is 1. The number of hydrogen-bond donors (Lipinski definition) is 0. The SMILES string of the molecule is CCCCC(c1nnnn1Cc1ccc2c(c1)OCO2)N1CCN(c2ccccc2)CC1.Cl. The zero-order chi connectivity index (χ0) is 21.8. The Bertz CT molecular complexity index is 1020. The van der Waals surface area contributed by atoms with E-state index in [9.17, 15) is 0 Å². The van der Waals surface area contributed by atoms with Crippen LogP contribution in [0.5, 0.6) is 11.5 Å². The maximum atomic E-state index is 5.53. The number of ether oxygens (including phenoxy) is 2. The normalized spacial score (nSPS) is 16.5. The Morgan fingerprint density at radius 3 is 2.55 bits per heavy atom. The van der Waals surface area contributed by atoms with Crippen LogP contribution in [-0.2, 0) is 6.54 Å². The molecule has 1 aromatic heterocycles. The average molecular weight is 471 g/mol. The molecule has 5 rings (SSSR count). The van der Waals surface area contributed by atoms with Crippen LogP contribution in [0.4, 0.5) is 5.69 Å². The van der Waals surface area contributed by atoms with Crippen molar-refractivity contribution in [2.75, 3.05) is 37.9 Å². The molecule has 1 saturated heterocycles. The monoisotopic (exact) mass is 470 g/mol. The summed E-state index contributed by atoms with van der Waals surface area (Å²) in [6.07, 6.45) is 3.37. The molecule has 0 bridgehead atoms. The van der Waals surface area contributed by atoms with Crippen LogP contribution >= 0.6 is 12.4 Å². The van der Waals surface area contributed by atoms with Crippen LogP contribution < -0.4 is 14.4 Å². The number of tetrazole rings is 1. The Morgan fingerprint density at radius 1 is 0.970 bits per heavy atom. The predicted octanol–water partition coefficient (Wildman–Crippen LogP) is 3.93. The molecule has 0 N–H and O–H groups in total. The van der Waals surface area contributed by atoms with Crippen LogP contribution in [0.1, 0.15) is 43.6 Å². The molecule has 0 aliphatic carbocycles. The number of unbranched alkanes of at least 4 members (excludes halogenated alkanes) is 1. The number of rotatable bonds is 8. The quantitative estimate of drug-likeness (QED) is 0.494. The van der Waals surface area contributed by atoms with Gasteiger partial charge in [0, 0.05) is 31.9 Å². The Hall–Kier alpha value is -2.84. The minimum Gasteiger partial charge on any atom is -0.454 e. The fourth-order valence-corrected chi connectivity index (χ4v) is 4.58. The molecule has 0 amide bonds. The number of aromatic nitrogens is 4. The summed E-state index contributed by atoms with van der Waals surface area (Å²) in [5.74, 6) is 2.53. The van der Waals surface area contributed by atoms with Crippen molar-refractivity contribution in [2.24, 2.45) is 0 Å². The van der Waals surface area contributed by atoms with Gasteiger partial charge < -0.3 is 14.4 Å².